The van der Waals surface area contributed by atoms with Gasteiger partial charge >= 0.3 is 5.76 Å². The quantitative estimate of drug-likeness (QED) is 0.320. The average Bonchev–Trinajstić information content (AvgIpc) is 3.72. The van der Waals surface area contributed by atoms with E-state index in [0.717, 1.165) is 60.8 Å². The van der Waals surface area contributed by atoms with Crippen LogP contribution in [0.1, 0.15) is 51.9 Å². The molecule has 41 heavy (non-hydrogen) atoms. The third-order valence-corrected chi connectivity index (χ3v) is 9.26. The van der Waals surface area contributed by atoms with Gasteiger partial charge in [-0.25, -0.2) is 19.7 Å². The van der Waals surface area contributed by atoms with Crippen molar-refractivity contribution in [3.63, 3.8) is 0 Å². The summed E-state index contributed by atoms with van der Waals surface area (Å²) in [5, 5.41) is 7.63. The fraction of sp³-hybridized carbons (Fsp3) is 0.552. The number of pyridine rings is 2. The van der Waals surface area contributed by atoms with Crippen molar-refractivity contribution < 1.29 is 9.26 Å². The smallest absolute Gasteiger partial charge is 0.374 e. The lowest BCUT2D eigenvalue weighted by Gasteiger charge is -2.39. The topological polar surface area (TPSA) is 127 Å². The van der Waals surface area contributed by atoms with Gasteiger partial charge in [0.25, 0.3) is 0 Å². The number of anilines is 2. The van der Waals surface area contributed by atoms with Crippen molar-refractivity contribution in [3.05, 3.63) is 33.9 Å². The summed E-state index contributed by atoms with van der Waals surface area (Å²) in [5.41, 5.74) is 3.60. The van der Waals surface area contributed by atoms with Gasteiger partial charge < -0.3 is 19.5 Å². The van der Waals surface area contributed by atoms with Crippen molar-refractivity contribution in [2.75, 3.05) is 30.4 Å². The van der Waals surface area contributed by atoms with Crippen molar-refractivity contribution in [2.45, 2.75) is 70.6 Å². The van der Waals surface area contributed by atoms with E-state index in [-0.39, 0.29) is 11.9 Å². The minimum Gasteiger partial charge on any atom is -0.374 e. The van der Waals surface area contributed by atoms with Crippen molar-refractivity contribution in [3.8, 4) is 22.8 Å². The van der Waals surface area contributed by atoms with Gasteiger partial charge in [0.1, 0.15) is 17.2 Å². The van der Waals surface area contributed by atoms with E-state index in [0.29, 0.717) is 40.8 Å². The highest BCUT2D eigenvalue weighted by Gasteiger charge is 2.39. The first kappa shape index (κ1) is 26.5. The van der Waals surface area contributed by atoms with Gasteiger partial charge in [-0.1, -0.05) is 36.5 Å². The Balaban J connectivity index is 1.47. The first-order chi connectivity index (χ1) is 20.0. The first-order valence-corrected chi connectivity index (χ1v) is 15.1. The maximum atomic E-state index is 11.9. The average molecular weight is 579 g/mol. The van der Waals surface area contributed by atoms with Gasteiger partial charge in [0.15, 0.2) is 0 Å². The number of morpholine rings is 1. The Morgan fingerprint density at radius 1 is 1.15 bits per heavy atom. The molecule has 2 saturated carbocycles. The van der Waals surface area contributed by atoms with Gasteiger partial charge in [0.2, 0.25) is 11.8 Å². The highest BCUT2D eigenvalue weighted by atomic mass is 35.5. The van der Waals surface area contributed by atoms with E-state index in [9.17, 15) is 4.79 Å². The van der Waals surface area contributed by atoms with Crippen molar-refractivity contribution in [1.29, 1.82) is 0 Å². The third kappa shape index (κ3) is 4.88. The van der Waals surface area contributed by atoms with Crippen molar-refractivity contribution in [2.24, 2.45) is 11.8 Å². The van der Waals surface area contributed by atoms with Crippen molar-refractivity contribution in [1.82, 2.24) is 29.7 Å². The second kappa shape index (κ2) is 10.8. The molecule has 0 aromatic carbocycles. The molecule has 216 valence electrons. The molecule has 7 rings (SSSR count). The predicted molar refractivity (Wildman–Crippen MR) is 157 cm³/mol. The van der Waals surface area contributed by atoms with Crippen molar-refractivity contribution >= 4 is 34.4 Å². The number of hydrogen-bond donors (Lipinski definition) is 2. The third-order valence-electron chi connectivity index (χ3n) is 9.05. The summed E-state index contributed by atoms with van der Waals surface area (Å²) in [6, 6.07) is 4.06. The zero-order chi connectivity index (χ0) is 28.1. The fourth-order valence-corrected chi connectivity index (χ4v) is 7.11. The predicted octanol–water partition coefficient (Wildman–Crippen LogP) is 5.12. The van der Waals surface area contributed by atoms with E-state index in [1.165, 1.54) is 25.7 Å². The summed E-state index contributed by atoms with van der Waals surface area (Å²) in [6.07, 6.45) is 10.0. The van der Waals surface area contributed by atoms with Crippen LogP contribution in [0.3, 0.4) is 0 Å². The number of aromatic amines is 1. The van der Waals surface area contributed by atoms with E-state index < -0.39 is 5.76 Å². The molecule has 0 radical (unpaired) electrons. The van der Waals surface area contributed by atoms with Crippen LogP contribution >= 0.6 is 11.6 Å². The summed E-state index contributed by atoms with van der Waals surface area (Å²) in [7, 11) is 1.83. The van der Waals surface area contributed by atoms with Crippen LogP contribution in [0.4, 0.5) is 11.8 Å². The van der Waals surface area contributed by atoms with Crippen LogP contribution in [0.25, 0.3) is 33.8 Å². The highest BCUT2D eigenvalue weighted by molar-refractivity contribution is 6.30. The minimum absolute atomic E-state index is 0.230. The Morgan fingerprint density at radius 3 is 2.78 bits per heavy atom. The molecular formula is C29H35ClN8O3. The largest absolute Gasteiger partial charge is 0.439 e. The molecule has 5 heterocycles. The van der Waals surface area contributed by atoms with E-state index in [1.807, 2.05) is 19.2 Å². The molecule has 11 nitrogen and oxygen atoms in total. The summed E-state index contributed by atoms with van der Waals surface area (Å²) in [5.74, 6) is 2.53. The number of fused-ring (bicyclic) bond motifs is 2. The van der Waals surface area contributed by atoms with Gasteiger partial charge in [-0.3, -0.25) is 9.51 Å². The molecule has 3 fully saturated rings. The Morgan fingerprint density at radius 2 is 2.00 bits per heavy atom. The number of aromatic nitrogens is 6. The standard InChI is InChI=1S/C29H35ClN8O3/c1-16-6-8-17(9-7-16)15-38-25-20(34-28(38)37-10-11-40-23-5-3-4-22(23)37)13-21(27-35-29(39)41-36-27)33-24(25)19-12-18(30)14-32-26(19)31-2/h12-14,16-17,22-23H,3-11,15H2,1-2H3,(H,31,32)(H,35,36,39)/t16?,17?,22-,23-/m1/s1. The molecule has 4 aromatic rings. The fourth-order valence-electron chi connectivity index (χ4n) is 6.95. The van der Waals surface area contributed by atoms with Crippen LogP contribution in [0, 0.1) is 11.8 Å². The number of nitrogens with zero attached hydrogens (tertiary/aromatic N) is 6. The molecule has 4 aromatic heterocycles. The van der Waals surface area contributed by atoms with E-state index in [1.54, 1.807) is 6.20 Å². The molecule has 2 aliphatic carbocycles. The molecule has 12 heteroatoms. The molecule has 1 aliphatic heterocycles. The van der Waals surface area contributed by atoms with Gasteiger partial charge in [-0.2, -0.15) is 0 Å². The second-order valence-electron chi connectivity index (χ2n) is 11.7. The molecular weight excluding hydrogens is 544 g/mol. The van der Waals surface area contributed by atoms with E-state index in [2.05, 4.69) is 36.8 Å². The van der Waals surface area contributed by atoms with Crippen LogP contribution in [0.5, 0.6) is 0 Å². The number of halogens is 1. The Labute approximate surface area is 242 Å². The number of imidazole rings is 1. The minimum atomic E-state index is -0.637. The van der Waals surface area contributed by atoms with E-state index in [4.69, 9.17) is 30.8 Å². The molecule has 0 bridgehead atoms. The molecule has 0 amide bonds. The molecule has 1 saturated heterocycles. The monoisotopic (exact) mass is 578 g/mol. The summed E-state index contributed by atoms with van der Waals surface area (Å²) in [6.45, 7) is 4.68. The Hall–Kier alpha value is -3.44. The zero-order valence-electron chi connectivity index (χ0n) is 23.4. The normalized spacial score (nSPS) is 24.6. The van der Waals surface area contributed by atoms with E-state index >= 15 is 0 Å². The molecule has 3 aliphatic rings. The molecule has 2 atom stereocenters. The highest BCUT2D eigenvalue weighted by Crippen LogP contribution is 2.41. The summed E-state index contributed by atoms with van der Waals surface area (Å²) >= 11 is 6.49. The summed E-state index contributed by atoms with van der Waals surface area (Å²) in [4.78, 5) is 31.9. The van der Waals surface area contributed by atoms with Gasteiger partial charge in [0.05, 0.1) is 34.8 Å². The molecule has 0 spiro atoms. The van der Waals surface area contributed by atoms with Crippen LogP contribution in [0.2, 0.25) is 5.02 Å². The molecule has 0 unspecified atom stereocenters. The van der Waals surface area contributed by atoms with Crippen LogP contribution in [-0.4, -0.2) is 62.0 Å². The second-order valence-corrected chi connectivity index (χ2v) is 12.2. The molecule has 2 N–H and O–H groups in total. The Bertz CT molecular complexity index is 1620. The first-order valence-electron chi connectivity index (χ1n) is 14.7. The lowest BCUT2D eigenvalue weighted by atomic mass is 9.83. The number of H-pyrrole nitrogens is 1. The lowest BCUT2D eigenvalue weighted by molar-refractivity contribution is 0.0247. The van der Waals surface area contributed by atoms with Crippen LogP contribution in [0.15, 0.2) is 27.6 Å². The Kier molecular flexibility index (Phi) is 6.94. The maximum Gasteiger partial charge on any atom is 0.439 e. The number of hydrogen-bond acceptors (Lipinski definition) is 9. The van der Waals surface area contributed by atoms with Gasteiger partial charge in [-0.05, 0) is 56.1 Å². The summed E-state index contributed by atoms with van der Waals surface area (Å²) < 4.78 is 13.4. The van der Waals surface area contributed by atoms with Crippen LogP contribution in [-0.2, 0) is 11.3 Å². The zero-order valence-corrected chi connectivity index (χ0v) is 24.2. The van der Waals surface area contributed by atoms with Gasteiger partial charge in [0, 0.05) is 31.9 Å². The number of nitrogens with one attached hydrogen (secondary N) is 2. The van der Waals surface area contributed by atoms with Crippen LogP contribution < -0.4 is 16.0 Å². The maximum absolute atomic E-state index is 11.9. The lowest BCUT2D eigenvalue weighted by Crippen LogP contribution is -2.49. The van der Waals surface area contributed by atoms with Gasteiger partial charge in [-0.15, -0.1) is 0 Å². The number of ether oxygens (including phenoxy) is 1. The number of rotatable bonds is 6. The SMILES string of the molecule is CNc1ncc(Cl)cc1-c1nc(-c2noc(=O)[nH]2)cc2nc(N3CCO[C@@H]4CCC[C@H]43)n(CC3CCC(C)CC3)c12.